The zero-order valence-corrected chi connectivity index (χ0v) is 15.4. The summed E-state index contributed by atoms with van der Waals surface area (Å²) in [6, 6.07) is 1.42. The van der Waals surface area contributed by atoms with Crippen molar-refractivity contribution < 1.29 is 14.3 Å². The average molecular weight is 369 g/mol. The maximum absolute atomic E-state index is 12.2. The molecule has 1 aliphatic heterocycles. The number of hydrogen-bond donors (Lipinski definition) is 1. The highest BCUT2D eigenvalue weighted by Gasteiger charge is 2.28. The Morgan fingerprint density at radius 1 is 1.52 bits per heavy atom. The van der Waals surface area contributed by atoms with E-state index in [2.05, 4.69) is 5.10 Å². The topological polar surface area (TPSA) is 82.6 Å². The predicted octanol–water partition coefficient (Wildman–Crippen LogP) is 0.545. The first-order valence-electron chi connectivity index (χ1n) is 7.17. The number of methoxy groups -OCH3 is 1. The van der Waals surface area contributed by atoms with E-state index in [1.807, 2.05) is 24.6 Å². The van der Waals surface area contributed by atoms with E-state index in [-0.39, 0.29) is 43.4 Å². The highest BCUT2D eigenvalue weighted by atomic mass is 35.5. The second-order valence-corrected chi connectivity index (χ2v) is 5.45. The van der Waals surface area contributed by atoms with Gasteiger partial charge in [-0.05, 0) is 19.9 Å². The predicted molar refractivity (Wildman–Crippen MR) is 92.4 cm³/mol. The summed E-state index contributed by atoms with van der Waals surface area (Å²) in [6.45, 7) is 6.49. The van der Waals surface area contributed by atoms with Crippen LogP contribution in [0.3, 0.4) is 0 Å². The van der Waals surface area contributed by atoms with Crippen LogP contribution in [0.5, 0.6) is 0 Å². The molecule has 2 unspecified atom stereocenters. The number of nitrogens with zero attached hydrogens (tertiary/aromatic N) is 3. The SMILES string of the molecule is COCC(N)C(=O)N1CCOC(Cn2nc(C)cc2C)C1.Cl.Cl. The summed E-state index contributed by atoms with van der Waals surface area (Å²) < 4.78 is 12.6. The van der Waals surface area contributed by atoms with Crippen LogP contribution in [0, 0.1) is 13.8 Å². The van der Waals surface area contributed by atoms with E-state index in [9.17, 15) is 4.79 Å². The fraction of sp³-hybridized carbons (Fsp3) is 0.714. The lowest BCUT2D eigenvalue weighted by Crippen LogP contribution is -2.53. The number of aromatic nitrogens is 2. The van der Waals surface area contributed by atoms with Gasteiger partial charge in [0.2, 0.25) is 5.91 Å². The zero-order valence-electron chi connectivity index (χ0n) is 13.7. The Kier molecular flexibility index (Phi) is 9.72. The molecular weight excluding hydrogens is 343 g/mol. The van der Waals surface area contributed by atoms with Gasteiger partial charge in [0.1, 0.15) is 6.04 Å². The first-order chi connectivity index (χ1) is 10.0. The van der Waals surface area contributed by atoms with Crippen LogP contribution < -0.4 is 5.73 Å². The summed E-state index contributed by atoms with van der Waals surface area (Å²) in [4.78, 5) is 14.0. The normalized spacial score (nSPS) is 18.8. The number of aryl methyl sites for hydroxylation is 2. The number of carbonyl (C=O) groups is 1. The Morgan fingerprint density at radius 2 is 2.22 bits per heavy atom. The third-order valence-electron chi connectivity index (χ3n) is 3.59. The van der Waals surface area contributed by atoms with Gasteiger partial charge in [0.05, 0.1) is 31.6 Å². The lowest BCUT2D eigenvalue weighted by atomic mass is 10.2. The Hall–Kier alpha value is -0.860. The van der Waals surface area contributed by atoms with E-state index in [4.69, 9.17) is 15.2 Å². The van der Waals surface area contributed by atoms with Crippen LogP contribution in [0.15, 0.2) is 6.07 Å². The van der Waals surface area contributed by atoms with E-state index >= 15 is 0 Å². The third-order valence-corrected chi connectivity index (χ3v) is 3.59. The molecule has 2 N–H and O–H groups in total. The number of ether oxygens (including phenoxy) is 2. The van der Waals surface area contributed by atoms with Crippen molar-refractivity contribution in [3.63, 3.8) is 0 Å². The van der Waals surface area contributed by atoms with Gasteiger partial charge in [0, 0.05) is 25.9 Å². The first-order valence-corrected chi connectivity index (χ1v) is 7.17. The van der Waals surface area contributed by atoms with Crippen LogP contribution in [0.2, 0.25) is 0 Å². The molecule has 2 heterocycles. The van der Waals surface area contributed by atoms with Gasteiger partial charge in [-0.2, -0.15) is 5.10 Å². The van der Waals surface area contributed by atoms with Crippen molar-refractivity contribution in [2.45, 2.75) is 32.5 Å². The van der Waals surface area contributed by atoms with Gasteiger partial charge in [-0.3, -0.25) is 9.48 Å². The van der Waals surface area contributed by atoms with Gasteiger partial charge in [-0.1, -0.05) is 0 Å². The molecule has 7 nitrogen and oxygen atoms in total. The van der Waals surface area contributed by atoms with E-state index < -0.39 is 6.04 Å². The minimum atomic E-state index is -0.609. The summed E-state index contributed by atoms with van der Waals surface area (Å²) in [6.07, 6.45) is -0.0598. The number of halogens is 2. The van der Waals surface area contributed by atoms with Crippen LogP contribution in [-0.4, -0.2) is 66.1 Å². The minimum Gasteiger partial charge on any atom is -0.383 e. The summed E-state index contributed by atoms with van der Waals surface area (Å²) in [5, 5.41) is 4.43. The second kappa shape index (κ2) is 10.1. The number of rotatable bonds is 5. The van der Waals surface area contributed by atoms with Gasteiger partial charge in [0.25, 0.3) is 0 Å². The van der Waals surface area contributed by atoms with Crippen LogP contribution in [0.1, 0.15) is 11.4 Å². The molecular formula is C14H26Cl2N4O3. The highest BCUT2D eigenvalue weighted by molar-refractivity contribution is 5.85. The Balaban J connectivity index is 0.00000242. The van der Waals surface area contributed by atoms with Crippen LogP contribution in [-0.2, 0) is 20.8 Å². The zero-order chi connectivity index (χ0) is 15.4. The van der Waals surface area contributed by atoms with Crippen molar-refractivity contribution in [1.29, 1.82) is 0 Å². The molecule has 0 saturated carbocycles. The van der Waals surface area contributed by atoms with E-state index in [0.717, 1.165) is 11.4 Å². The molecule has 2 atom stereocenters. The van der Waals surface area contributed by atoms with E-state index in [0.29, 0.717) is 26.2 Å². The van der Waals surface area contributed by atoms with Gasteiger partial charge >= 0.3 is 0 Å². The minimum absolute atomic E-state index is 0. The van der Waals surface area contributed by atoms with E-state index in [1.54, 1.807) is 4.90 Å². The lowest BCUT2D eigenvalue weighted by molar-refractivity contribution is -0.141. The van der Waals surface area contributed by atoms with Crippen molar-refractivity contribution in [3.05, 3.63) is 17.5 Å². The number of hydrogen-bond acceptors (Lipinski definition) is 5. The molecule has 1 aromatic rings. The lowest BCUT2D eigenvalue weighted by Gasteiger charge is -2.34. The molecule has 0 aliphatic carbocycles. The average Bonchev–Trinajstić information content (AvgIpc) is 2.76. The molecule has 0 spiro atoms. The number of carbonyl (C=O) groups excluding carboxylic acids is 1. The Labute approximate surface area is 149 Å². The summed E-state index contributed by atoms with van der Waals surface area (Å²) in [5.41, 5.74) is 7.89. The second-order valence-electron chi connectivity index (χ2n) is 5.45. The maximum atomic E-state index is 12.2. The monoisotopic (exact) mass is 368 g/mol. The molecule has 1 aromatic heterocycles. The molecule has 9 heteroatoms. The quantitative estimate of drug-likeness (QED) is 0.820. The Bertz CT molecular complexity index is 498. The standard InChI is InChI=1S/C14H24N4O3.2ClH/c1-10-6-11(2)18(16-10)8-12-7-17(4-5-21-12)14(19)13(15)9-20-3;;/h6,12-13H,4-5,7-9,15H2,1-3H3;2*1H. The molecule has 23 heavy (non-hydrogen) atoms. The van der Waals surface area contributed by atoms with Crippen molar-refractivity contribution >= 4 is 30.7 Å². The molecule has 134 valence electrons. The van der Waals surface area contributed by atoms with Gasteiger partial charge < -0.3 is 20.1 Å². The largest absolute Gasteiger partial charge is 0.383 e. The fourth-order valence-corrected chi connectivity index (χ4v) is 2.57. The highest BCUT2D eigenvalue weighted by Crippen LogP contribution is 2.11. The summed E-state index contributed by atoms with van der Waals surface area (Å²) in [7, 11) is 1.54. The van der Waals surface area contributed by atoms with Crippen molar-refractivity contribution in [2.75, 3.05) is 33.4 Å². The first kappa shape index (κ1) is 22.1. The third kappa shape index (κ3) is 5.93. The molecule has 1 saturated heterocycles. The molecule has 1 amide bonds. The number of nitrogens with two attached hydrogens (primary N) is 1. The number of morpholine rings is 1. The molecule has 0 bridgehead atoms. The van der Waals surface area contributed by atoms with Crippen LogP contribution in [0.25, 0.3) is 0 Å². The summed E-state index contributed by atoms with van der Waals surface area (Å²) >= 11 is 0. The van der Waals surface area contributed by atoms with Gasteiger partial charge in [-0.25, -0.2) is 0 Å². The van der Waals surface area contributed by atoms with Crippen molar-refractivity contribution in [3.8, 4) is 0 Å². The fourth-order valence-electron chi connectivity index (χ4n) is 2.57. The van der Waals surface area contributed by atoms with Crippen molar-refractivity contribution in [2.24, 2.45) is 5.73 Å². The molecule has 1 aliphatic rings. The van der Waals surface area contributed by atoms with Crippen molar-refractivity contribution in [1.82, 2.24) is 14.7 Å². The summed E-state index contributed by atoms with van der Waals surface area (Å²) in [5.74, 6) is -0.0847. The van der Waals surface area contributed by atoms with Gasteiger partial charge in [0.15, 0.2) is 0 Å². The maximum Gasteiger partial charge on any atom is 0.242 e. The van der Waals surface area contributed by atoms with Crippen LogP contribution in [0.4, 0.5) is 0 Å². The van der Waals surface area contributed by atoms with Crippen LogP contribution >= 0.6 is 24.8 Å². The smallest absolute Gasteiger partial charge is 0.242 e. The van der Waals surface area contributed by atoms with Gasteiger partial charge in [-0.15, -0.1) is 24.8 Å². The molecule has 1 fully saturated rings. The van der Waals surface area contributed by atoms with E-state index in [1.165, 1.54) is 7.11 Å². The molecule has 0 aromatic carbocycles. The number of amides is 1. The Morgan fingerprint density at radius 3 is 2.78 bits per heavy atom. The molecule has 2 rings (SSSR count). The molecule has 0 radical (unpaired) electrons.